The van der Waals surface area contributed by atoms with Gasteiger partial charge in [-0.3, -0.25) is 4.98 Å². The van der Waals surface area contributed by atoms with E-state index in [0.29, 0.717) is 16.8 Å². The predicted molar refractivity (Wildman–Crippen MR) is 122 cm³/mol. The number of nitrogens with one attached hydrogen (secondary N) is 2. The number of anilines is 2. The van der Waals surface area contributed by atoms with Crippen molar-refractivity contribution in [3.63, 3.8) is 0 Å². The van der Waals surface area contributed by atoms with E-state index >= 15 is 0 Å². The van der Waals surface area contributed by atoms with Crippen LogP contribution in [0.5, 0.6) is 0 Å². The molecule has 2 N–H and O–H groups in total. The summed E-state index contributed by atoms with van der Waals surface area (Å²) in [5.41, 5.74) is 2.79. The molecule has 1 aliphatic rings. The fourth-order valence-corrected chi connectivity index (χ4v) is 4.72. The zero-order chi connectivity index (χ0) is 21.0. The molecular weight excluding hydrogens is 404 g/mol. The van der Waals surface area contributed by atoms with Gasteiger partial charge in [-0.25, -0.2) is 4.98 Å². The van der Waals surface area contributed by atoms with Crippen molar-refractivity contribution in [2.24, 2.45) is 5.92 Å². The molecule has 1 fully saturated rings. The minimum absolute atomic E-state index is 0.0181. The Balaban J connectivity index is 1.82. The Bertz CT molecular complexity index is 803. The van der Waals surface area contributed by atoms with Gasteiger partial charge in [-0.05, 0) is 70.2 Å². The summed E-state index contributed by atoms with van der Waals surface area (Å²) in [6.07, 6.45) is 9.58. The van der Waals surface area contributed by atoms with E-state index in [1.807, 2.05) is 52.1 Å². The Morgan fingerprint density at radius 1 is 1.14 bits per heavy atom. The summed E-state index contributed by atoms with van der Waals surface area (Å²) in [4.78, 5) is 8.86. The summed E-state index contributed by atoms with van der Waals surface area (Å²) < 4.78 is 15.9. The van der Waals surface area contributed by atoms with E-state index < -0.39 is 11.4 Å². The molecule has 2 aromatic heterocycles. The van der Waals surface area contributed by atoms with Gasteiger partial charge >= 0.3 is 0 Å². The number of hydrogen-bond donors (Lipinski definition) is 2. The van der Waals surface area contributed by atoms with Crippen LogP contribution in [0.3, 0.4) is 0 Å². The first-order valence-corrected chi connectivity index (χ1v) is 11.8. The summed E-state index contributed by atoms with van der Waals surface area (Å²) in [7, 11) is 0. The Morgan fingerprint density at radius 2 is 1.86 bits per heavy atom. The van der Waals surface area contributed by atoms with Crippen LogP contribution in [-0.4, -0.2) is 19.3 Å². The predicted octanol–water partition coefficient (Wildman–Crippen LogP) is 5.86. The number of aryl methyl sites for hydroxylation is 1. The van der Waals surface area contributed by atoms with Crippen molar-refractivity contribution >= 4 is 34.5 Å². The molecule has 5 nitrogen and oxygen atoms in total. The molecule has 29 heavy (non-hydrogen) atoms. The lowest BCUT2D eigenvalue weighted by molar-refractivity contribution is 0.292. The van der Waals surface area contributed by atoms with E-state index in [4.69, 9.17) is 11.6 Å². The highest BCUT2D eigenvalue weighted by molar-refractivity contribution is 7.90. The minimum atomic E-state index is -1.16. The molecule has 2 atom stereocenters. The maximum atomic E-state index is 12.8. The fourth-order valence-electron chi connectivity index (χ4n) is 3.59. The number of pyridine rings is 2. The van der Waals surface area contributed by atoms with Crippen molar-refractivity contribution in [1.29, 1.82) is 0 Å². The Kier molecular flexibility index (Phi) is 7.43. The summed E-state index contributed by atoms with van der Waals surface area (Å²) in [6.45, 7) is 7.91. The van der Waals surface area contributed by atoms with Crippen molar-refractivity contribution in [2.45, 2.75) is 70.6 Å². The molecule has 1 aliphatic carbocycles. The summed E-state index contributed by atoms with van der Waals surface area (Å²) >= 11 is 5.41. The van der Waals surface area contributed by atoms with Gasteiger partial charge in [0.25, 0.3) is 0 Å². The summed E-state index contributed by atoms with van der Waals surface area (Å²) in [6, 6.07) is 5.82. The first kappa shape index (κ1) is 22.3. The minimum Gasteiger partial charge on any atom is -0.598 e. The molecule has 1 unspecified atom stereocenters. The number of nitrogens with zero attached hydrogens (tertiary/aromatic N) is 2. The van der Waals surface area contributed by atoms with Gasteiger partial charge in [0.2, 0.25) is 0 Å². The third-order valence-corrected chi connectivity index (χ3v) is 7.18. The lowest BCUT2D eigenvalue weighted by Crippen LogP contribution is -2.43. The molecule has 7 heteroatoms. The van der Waals surface area contributed by atoms with E-state index in [1.165, 1.54) is 19.3 Å². The molecular formula is C22H31ClN4OS. The first-order chi connectivity index (χ1) is 13.7. The lowest BCUT2D eigenvalue weighted by Gasteiger charge is -2.34. The van der Waals surface area contributed by atoms with Gasteiger partial charge in [-0.1, -0.05) is 30.9 Å². The monoisotopic (exact) mass is 434 g/mol. The standard InChI is InChI=1S/C22H31ClN4OS/c1-15-10-11-18(14-24-15)26-21-19(23)12-17(13-25-21)20(16-8-6-5-7-9-16)27-29(28)22(2,3)4/h10-14,16,20,27H,5-9H2,1-4H3,(H,25,26)/t20-,29?/m1/s1. The third-order valence-electron chi connectivity index (χ3n) is 5.31. The fraction of sp³-hybridized carbons (Fsp3) is 0.545. The van der Waals surface area contributed by atoms with Crippen LogP contribution in [0.1, 0.15) is 70.2 Å². The van der Waals surface area contributed by atoms with E-state index in [1.54, 1.807) is 6.20 Å². The molecule has 0 radical (unpaired) electrons. The van der Waals surface area contributed by atoms with Gasteiger partial charge in [0.1, 0.15) is 10.6 Å². The van der Waals surface area contributed by atoms with Crippen LogP contribution in [0.15, 0.2) is 30.6 Å². The zero-order valence-corrected chi connectivity index (χ0v) is 19.2. The average molecular weight is 435 g/mol. The van der Waals surface area contributed by atoms with Crippen LogP contribution in [0.2, 0.25) is 5.02 Å². The molecule has 2 heterocycles. The largest absolute Gasteiger partial charge is 0.598 e. The SMILES string of the molecule is Cc1ccc(Nc2ncc([C@H](N[S+]([O-])C(C)(C)C)C3CCCCC3)cc2Cl)cn1. The molecule has 0 saturated heterocycles. The highest BCUT2D eigenvalue weighted by Crippen LogP contribution is 2.37. The number of halogens is 1. The topological polar surface area (TPSA) is 72.9 Å². The highest BCUT2D eigenvalue weighted by Gasteiger charge is 2.34. The molecule has 3 rings (SSSR count). The first-order valence-electron chi connectivity index (χ1n) is 10.3. The molecule has 0 spiro atoms. The van der Waals surface area contributed by atoms with Gasteiger partial charge in [-0.2, -0.15) is 0 Å². The van der Waals surface area contributed by atoms with Gasteiger partial charge in [-0.15, -0.1) is 4.72 Å². The Labute approximate surface area is 182 Å². The van der Waals surface area contributed by atoms with Crippen molar-refractivity contribution in [1.82, 2.24) is 14.7 Å². The van der Waals surface area contributed by atoms with E-state index in [9.17, 15) is 4.55 Å². The average Bonchev–Trinajstić information content (AvgIpc) is 2.69. The van der Waals surface area contributed by atoms with E-state index in [-0.39, 0.29) is 10.8 Å². The number of hydrogen-bond acceptors (Lipinski definition) is 5. The smallest absolute Gasteiger partial charge is 0.149 e. The van der Waals surface area contributed by atoms with Crippen molar-refractivity contribution < 1.29 is 4.55 Å². The Hall–Kier alpha value is -1.34. The normalized spacial score (nSPS) is 17.7. The zero-order valence-electron chi connectivity index (χ0n) is 17.7. The maximum absolute atomic E-state index is 12.8. The van der Waals surface area contributed by atoms with Crippen LogP contribution in [-0.2, 0) is 11.4 Å². The van der Waals surface area contributed by atoms with E-state index in [2.05, 4.69) is 20.0 Å². The van der Waals surface area contributed by atoms with Crippen molar-refractivity contribution in [2.75, 3.05) is 5.32 Å². The second kappa shape index (κ2) is 9.65. The van der Waals surface area contributed by atoms with Crippen LogP contribution >= 0.6 is 11.6 Å². The van der Waals surface area contributed by atoms with Crippen LogP contribution < -0.4 is 10.0 Å². The Morgan fingerprint density at radius 3 is 2.45 bits per heavy atom. The summed E-state index contributed by atoms with van der Waals surface area (Å²) in [5, 5.41) is 3.77. The van der Waals surface area contributed by atoms with Gasteiger partial charge < -0.3 is 9.87 Å². The molecule has 1 saturated carbocycles. The van der Waals surface area contributed by atoms with E-state index in [0.717, 1.165) is 29.8 Å². The highest BCUT2D eigenvalue weighted by atomic mass is 35.5. The molecule has 0 bridgehead atoms. The number of rotatable bonds is 6. The van der Waals surface area contributed by atoms with Gasteiger partial charge in [0.15, 0.2) is 0 Å². The van der Waals surface area contributed by atoms with Crippen LogP contribution in [0.4, 0.5) is 11.5 Å². The number of aromatic nitrogens is 2. The summed E-state index contributed by atoms with van der Waals surface area (Å²) in [5.74, 6) is 1.04. The van der Waals surface area contributed by atoms with Crippen molar-refractivity contribution in [3.8, 4) is 0 Å². The molecule has 2 aromatic rings. The van der Waals surface area contributed by atoms with Crippen molar-refractivity contribution in [3.05, 3.63) is 46.9 Å². The lowest BCUT2D eigenvalue weighted by atomic mass is 9.82. The van der Waals surface area contributed by atoms with Crippen LogP contribution in [0, 0.1) is 12.8 Å². The third kappa shape index (κ3) is 6.07. The second-order valence-corrected chi connectivity index (χ2v) is 11.2. The quantitative estimate of drug-likeness (QED) is 0.557. The van der Waals surface area contributed by atoms with Crippen LogP contribution in [0.25, 0.3) is 0 Å². The molecule has 0 amide bonds. The van der Waals surface area contributed by atoms with Gasteiger partial charge in [0, 0.05) is 23.3 Å². The van der Waals surface area contributed by atoms with Gasteiger partial charge in [0.05, 0.1) is 22.9 Å². The second-order valence-electron chi connectivity index (χ2n) is 8.79. The molecule has 158 valence electrons. The molecule has 0 aliphatic heterocycles. The molecule has 0 aromatic carbocycles. The maximum Gasteiger partial charge on any atom is 0.149 e.